The average Bonchev–Trinajstić information content (AvgIpc) is 3.04. The largest absolute Gasteiger partial charge is 0.383 e. The first kappa shape index (κ1) is 18.5. The molecule has 9 heteroatoms. The zero-order chi connectivity index (χ0) is 17.6. The Kier molecular flexibility index (Phi) is 6.44. The molecule has 2 aromatic rings. The first-order valence-electron chi connectivity index (χ1n) is 7.18. The molecule has 1 aromatic heterocycles. The van der Waals surface area contributed by atoms with E-state index in [0.29, 0.717) is 5.13 Å². The van der Waals surface area contributed by atoms with Crippen LogP contribution in [0.2, 0.25) is 0 Å². The topological polar surface area (TPSA) is 88.6 Å². The van der Waals surface area contributed by atoms with E-state index in [1.54, 1.807) is 23.7 Å². The number of hydrogen-bond donors (Lipinski definition) is 1. The summed E-state index contributed by atoms with van der Waals surface area (Å²) in [5, 5.41) is 4.74. The molecule has 1 amide bonds. The number of aromatic nitrogens is 1. The first-order valence-corrected chi connectivity index (χ1v) is 9.50. The third-order valence-electron chi connectivity index (χ3n) is 3.20. The van der Waals surface area contributed by atoms with Crippen LogP contribution in [0.4, 0.5) is 5.13 Å². The van der Waals surface area contributed by atoms with Crippen molar-refractivity contribution >= 4 is 32.4 Å². The van der Waals surface area contributed by atoms with Gasteiger partial charge >= 0.3 is 0 Å². The van der Waals surface area contributed by atoms with Gasteiger partial charge in [-0.3, -0.25) is 4.79 Å². The summed E-state index contributed by atoms with van der Waals surface area (Å²) in [7, 11) is -2.31. The van der Waals surface area contributed by atoms with Crippen LogP contribution < -0.4 is 5.32 Å². The zero-order valence-electron chi connectivity index (χ0n) is 13.4. The lowest BCUT2D eigenvalue weighted by atomic mass is 10.2. The third kappa shape index (κ3) is 4.84. The number of anilines is 1. The lowest BCUT2D eigenvalue weighted by Crippen LogP contribution is -2.39. The number of ether oxygens (including phenoxy) is 1. The number of nitrogens with one attached hydrogen (secondary N) is 1. The molecule has 0 saturated heterocycles. The standard InChI is InChI=1S/C15H19N3O4S2/c1-12-3-5-13(6-4-12)24(20,21)18(8-9-22-2)11-14(19)17-15-16-7-10-23-15/h3-7,10H,8-9,11H2,1-2H3,(H,16,17,19). The van der Waals surface area contributed by atoms with Gasteiger partial charge in [0.2, 0.25) is 15.9 Å². The second-order valence-corrected chi connectivity index (χ2v) is 7.86. The summed E-state index contributed by atoms with van der Waals surface area (Å²) < 4.78 is 31.6. The lowest BCUT2D eigenvalue weighted by Gasteiger charge is -2.21. The van der Waals surface area contributed by atoms with Crippen LogP contribution in [0.25, 0.3) is 0 Å². The molecule has 0 aliphatic carbocycles. The summed E-state index contributed by atoms with van der Waals surface area (Å²) in [4.78, 5) is 16.2. The number of hydrogen-bond acceptors (Lipinski definition) is 6. The SMILES string of the molecule is COCCN(CC(=O)Nc1nccs1)S(=O)(=O)c1ccc(C)cc1. The van der Waals surface area contributed by atoms with Crippen LogP contribution in [-0.2, 0) is 19.6 Å². The van der Waals surface area contributed by atoms with Crippen molar-refractivity contribution < 1.29 is 17.9 Å². The van der Waals surface area contributed by atoms with Crippen LogP contribution in [0, 0.1) is 6.92 Å². The lowest BCUT2D eigenvalue weighted by molar-refractivity contribution is -0.116. The van der Waals surface area contributed by atoms with E-state index in [1.165, 1.54) is 30.6 Å². The molecule has 0 aliphatic rings. The summed E-state index contributed by atoms with van der Waals surface area (Å²) in [6, 6.07) is 6.50. The highest BCUT2D eigenvalue weighted by atomic mass is 32.2. The van der Waals surface area contributed by atoms with Gasteiger partial charge in [0.1, 0.15) is 0 Å². The molecule has 0 radical (unpaired) electrons. The third-order valence-corrected chi connectivity index (χ3v) is 5.75. The van der Waals surface area contributed by atoms with Crippen LogP contribution in [0.1, 0.15) is 5.56 Å². The number of amides is 1. The smallest absolute Gasteiger partial charge is 0.243 e. The monoisotopic (exact) mass is 369 g/mol. The highest BCUT2D eigenvalue weighted by Crippen LogP contribution is 2.17. The fourth-order valence-corrected chi connectivity index (χ4v) is 3.87. The second kappa shape index (κ2) is 8.34. The van der Waals surface area contributed by atoms with Crippen LogP contribution in [0.5, 0.6) is 0 Å². The van der Waals surface area contributed by atoms with E-state index in [9.17, 15) is 13.2 Å². The molecule has 0 atom stereocenters. The van der Waals surface area contributed by atoms with Gasteiger partial charge in [0.25, 0.3) is 0 Å². The van der Waals surface area contributed by atoms with Crippen LogP contribution in [-0.4, -0.2) is 50.4 Å². The molecule has 0 aliphatic heterocycles. The number of nitrogens with zero attached hydrogens (tertiary/aromatic N) is 2. The van der Waals surface area contributed by atoms with Crippen molar-refractivity contribution in [3.63, 3.8) is 0 Å². The van der Waals surface area contributed by atoms with E-state index in [4.69, 9.17) is 4.74 Å². The van der Waals surface area contributed by atoms with Crippen LogP contribution in [0.15, 0.2) is 40.7 Å². The van der Waals surface area contributed by atoms with Gasteiger partial charge in [-0.15, -0.1) is 11.3 Å². The fraction of sp³-hybridized carbons (Fsp3) is 0.333. The molecule has 24 heavy (non-hydrogen) atoms. The molecule has 0 spiro atoms. The second-order valence-electron chi connectivity index (χ2n) is 5.03. The summed E-state index contributed by atoms with van der Waals surface area (Å²) in [6.07, 6.45) is 1.56. The molecule has 1 N–H and O–H groups in total. The molecule has 0 unspecified atom stereocenters. The van der Waals surface area contributed by atoms with E-state index in [1.807, 2.05) is 6.92 Å². The van der Waals surface area contributed by atoms with Gasteiger partial charge in [-0.25, -0.2) is 13.4 Å². The van der Waals surface area contributed by atoms with E-state index in [0.717, 1.165) is 9.87 Å². The molecule has 0 bridgehead atoms. The highest BCUT2D eigenvalue weighted by Gasteiger charge is 2.26. The van der Waals surface area contributed by atoms with Crippen molar-refractivity contribution in [2.45, 2.75) is 11.8 Å². The summed E-state index contributed by atoms with van der Waals surface area (Å²) in [5.74, 6) is -0.447. The maximum Gasteiger partial charge on any atom is 0.243 e. The number of carbonyl (C=O) groups excluding carboxylic acids is 1. The Bertz CT molecular complexity index is 759. The number of thiazole rings is 1. The molecular formula is C15H19N3O4S2. The van der Waals surface area contributed by atoms with Crippen LogP contribution in [0.3, 0.4) is 0 Å². The predicted molar refractivity (Wildman–Crippen MR) is 92.6 cm³/mol. The summed E-state index contributed by atoms with van der Waals surface area (Å²) in [5.41, 5.74) is 0.957. The summed E-state index contributed by atoms with van der Waals surface area (Å²) in [6.45, 7) is 1.84. The molecule has 1 aromatic carbocycles. The minimum absolute atomic E-state index is 0.0813. The Balaban J connectivity index is 2.16. The Labute approximate surface area is 145 Å². The van der Waals surface area contributed by atoms with E-state index >= 15 is 0 Å². The molecule has 0 fully saturated rings. The van der Waals surface area contributed by atoms with Gasteiger partial charge in [0.15, 0.2) is 5.13 Å². The van der Waals surface area contributed by atoms with Gasteiger partial charge < -0.3 is 10.1 Å². The maximum atomic E-state index is 12.8. The fourth-order valence-electron chi connectivity index (χ4n) is 1.94. The van der Waals surface area contributed by atoms with E-state index < -0.39 is 15.9 Å². The average molecular weight is 369 g/mol. The van der Waals surface area contributed by atoms with Crippen molar-refractivity contribution in [3.05, 3.63) is 41.4 Å². The number of sulfonamides is 1. The van der Waals surface area contributed by atoms with Gasteiger partial charge in [0, 0.05) is 25.2 Å². The van der Waals surface area contributed by atoms with Crippen molar-refractivity contribution in [1.29, 1.82) is 0 Å². The Morgan fingerprint density at radius 3 is 2.62 bits per heavy atom. The number of methoxy groups -OCH3 is 1. The van der Waals surface area contributed by atoms with Crippen molar-refractivity contribution in [2.24, 2.45) is 0 Å². The highest BCUT2D eigenvalue weighted by molar-refractivity contribution is 7.89. The Hall–Kier alpha value is -1.81. The molecule has 130 valence electrons. The first-order chi connectivity index (χ1) is 11.4. The number of aryl methyl sites for hydroxylation is 1. The molecule has 2 rings (SSSR count). The van der Waals surface area contributed by atoms with Gasteiger partial charge in [0.05, 0.1) is 18.0 Å². The number of benzene rings is 1. The van der Waals surface area contributed by atoms with Gasteiger partial charge in [-0.2, -0.15) is 4.31 Å². The normalized spacial score (nSPS) is 11.6. The zero-order valence-corrected chi connectivity index (χ0v) is 15.1. The number of rotatable bonds is 8. The Morgan fingerprint density at radius 1 is 1.33 bits per heavy atom. The van der Waals surface area contributed by atoms with E-state index in [2.05, 4.69) is 10.3 Å². The van der Waals surface area contributed by atoms with Crippen molar-refractivity contribution in [2.75, 3.05) is 32.1 Å². The maximum absolute atomic E-state index is 12.8. The van der Waals surface area contributed by atoms with Gasteiger partial charge in [-0.1, -0.05) is 17.7 Å². The Morgan fingerprint density at radius 2 is 2.04 bits per heavy atom. The summed E-state index contributed by atoms with van der Waals surface area (Å²) >= 11 is 1.27. The number of carbonyl (C=O) groups is 1. The van der Waals surface area contributed by atoms with Gasteiger partial charge in [-0.05, 0) is 19.1 Å². The van der Waals surface area contributed by atoms with Crippen molar-refractivity contribution in [1.82, 2.24) is 9.29 Å². The minimum Gasteiger partial charge on any atom is -0.383 e. The molecule has 1 heterocycles. The molecule has 0 saturated carbocycles. The van der Waals surface area contributed by atoms with Crippen LogP contribution >= 0.6 is 11.3 Å². The van der Waals surface area contributed by atoms with E-state index in [-0.39, 0.29) is 24.6 Å². The minimum atomic E-state index is -3.79. The van der Waals surface area contributed by atoms with Crippen molar-refractivity contribution in [3.8, 4) is 0 Å². The quantitative estimate of drug-likeness (QED) is 0.765. The molecular weight excluding hydrogens is 350 g/mol. The molecule has 7 nitrogen and oxygen atoms in total. The predicted octanol–water partition coefficient (Wildman–Crippen LogP) is 1.73.